The number of nitrogens with one attached hydrogen (secondary N) is 1. The maximum Gasteiger partial charge on any atom is 0.265 e. The van der Waals surface area contributed by atoms with Gasteiger partial charge in [0.25, 0.3) is 10.0 Å². The number of hydrogen-bond donors (Lipinski definition) is 1. The van der Waals surface area contributed by atoms with Crippen LogP contribution in [-0.4, -0.2) is 19.3 Å². The number of carbonyl (C=O) groups excluding carboxylic acids is 1. The highest BCUT2D eigenvalue weighted by atomic mass is 32.2. The second-order valence-corrected chi connectivity index (χ2v) is 6.93. The Bertz CT molecular complexity index is 856. The van der Waals surface area contributed by atoms with Crippen molar-refractivity contribution in [1.29, 1.82) is 0 Å². The molecule has 0 bridgehead atoms. The zero-order valence-corrected chi connectivity index (χ0v) is 12.6. The number of rotatable bonds is 4. The van der Waals surface area contributed by atoms with E-state index in [1.165, 1.54) is 30.5 Å². The first-order valence-corrected chi connectivity index (χ1v) is 8.29. The third-order valence-electron chi connectivity index (χ3n) is 3.69. The molecular weight excluding hydrogens is 326 g/mol. The van der Waals surface area contributed by atoms with Crippen molar-refractivity contribution in [2.24, 2.45) is 5.92 Å². The lowest BCUT2D eigenvalue weighted by Crippen LogP contribution is -2.32. The van der Waals surface area contributed by atoms with E-state index in [-0.39, 0.29) is 16.9 Å². The van der Waals surface area contributed by atoms with Crippen LogP contribution in [-0.2, 0) is 14.8 Å². The van der Waals surface area contributed by atoms with Crippen LogP contribution >= 0.6 is 0 Å². The van der Waals surface area contributed by atoms with Crippen LogP contribution in [0.4, 0.5) is 8.78 Å². The Kier molecular flexibility index (Phi) is 3.85. The van der Waals surface area contributed by atoms with E-state index in [1.807, 2.05) is 4.72 Å². The van der Waals surface area contributed by atoms with Crippen molar-refractivity contribution in [3.63, 3.8) is 0 Å². The van der Waals surface area contributed by atoms with Gasteiger partial charge in [-0.05, 0) is 36.1 Å². The summed E-state index contributed by atoms with van der Waals surface area (Å²) in [6, 6.07) is 6.48. The van der Waals surface area contributed by atoms with Crippen molar-refractivity contribution < 1.29 is 22.0 Å². The maximum absolute atomic E-state index is 13.7. The second kappa shape index (κ2) is 5.69. The van der Waals surface area contributed by atoms with E-state index in [0.717, 1.165) is 12.3 Å². The number of amides is 1. The first kappa shape index (κ1) is 15.5. The number of aromatic nitrogens is 1. The number of hydrogen-bond acceptors (Lipinski definition) is 4. The Hall–Kier alpha value is -2.35. The fourth-order valence-corrected chi connectivity index (χ4v) is 3.40. The summed E-state index contributed by atoms with van der Waals surface area (Å²) in [5.41, 5.74) is 0.0870. The lowest BCUT2D eigenvalue weighted by molar-refractivity contribution is -0.120. The lowest BCUT2D eigenvalue weighted by Gasteiger charge is -2.07. The Morgan fingerprint density at radius 3 is 2.70 bits per heavy atom. The smallest absolute Gasteiger partial charge is 0.265 e. The molecule has 120 valence electrons. The molecule has 1 aromatic heterocycles. The number of benzene rings is 1. The molecule has 1 N–H and O–H groups in total. The van der Waals surface area contributed by atoms with Gasteiger partial charge in [0.2, 0.25) is 5.91 Å². The fraction of sp³-hybridized carbons (Fsp3) is 0.200. The van der Waals surface area contributed by atoms with E-state index >= 15 is 0 Å². The first-order valence-electron chi connectivity index (χ1n) is 6.81. The van der Waals surface area contributed by atoms with Gasteiger partial charge in [0.05, 0.1) is 0 Å². The van der Waals surface area contributed by atoms with E-state index in [2.05, 4.69) is 4.98 Å². The van der Waals surface area contributed by atoms with Gasteiger partial charge in [-0.15, -0.1) is 0 Å². The molecular formula is C15H12F2N2O3S. The van der Waals surface area contributed by atoms with E-state index < -0.39 is 39.4 Å². The van der Waals surface area contributed by atoms with Gasteiger partial charge in [-0.2, -0.15) is 0 Å². The summed E-state index contributed by atoms with van der Waals surface area (Å²) in [7, 11) is -4.02. The summed E-state index contributed by atoms with van der Waals surface area (Å²) in [5.74, 6) is -3.94. The minimum atomic E-state index is -4.02. The van der Waals surface area contributed by atoms with E-state index in [9.17, 15) is 22.0 Å². The Morgan fingerprint density at radius 2 is 2.00 bits per heavy atom. The number of nitrogens with zero attached hydrogens (tertiary/aromatic N) is 1. The third-order valence-corrected chi connectivity index (χ3v) is 5.02. The molecule has 0 unspecified atom stereocenters. The molecule has 1 aliphatic rings. The predicted octanol–water partition coefficient (Wildman–Crippen LogP) is 1.97. The summed E-state index contributed by atoms with van der Waals surface area (Å²) in [6.07, 6.45) is 2.80. The minimum Gasteiger partial charge on any atom is -0.274 e. The summed E-state index contributed by atoms with van der Waals surface area (Å²) in [4.78, 5) is 15.6. The highest BCUT2D eigenvalue weighted by Crippen LogP contribution is 2.48. The molecule has 2 atom stereocenters. The van der Waals surface area contributed by atoms with Crippen molar-refractivity contribution in [2.75, 3.05) is 0 Å². The summed E-state index contributed by atoms with van der Waals surface area (Å²) >= 11 is 0. The molecule has 2 aromatic rings. The average Bonchev–Trinajstić information content (AvgIpc) is 3.31. The van der Waals surface area contributed by atoms with Crippen LogP contribution in [0.1, 0.15) is 17.9 Å². The minimum absolute atomic E-state index is 0.0870. The molecule has 1 saturated carbocycles. The number of pyridine rings is 1. The van der Waals surface area contributed by atoms with E-state index in [1.54, 1.807) is 0 Å². The molecule has 0 saturated heterocycles. The van der Waals surface area contributed by atoms with Crippen LogP contribution in [0, 0.1) is 17.6 Å². The van der Waals surface area contributed by atoms with Gasteiger partial charge >= 0.3 is 0 Å². The Morgan fingerprint density at radius 1 is 1.22 bits per heavy atom. The van der Waals surface area contributed by atoms with Crippen LogP contribution in [0.5, 0.6) is 0 Å². The van der Waals surface area contributed by atoms with Crippen molar-refractivity contribution in [3.8, 4) is 0 Å². The molecule has 1 aromatic carbocycles. The van der Waals surface area contributed by atoms with Gasteiger partial charge in [-0.3, -0.25) is 9.78 Å². The summed E-state index contributed by atoms with van der Waals surface area (Å²) in [6.45, 7) is 0. The predicted molar refractivity (Wildman–Crippen MR) is 76.8 cm³/mol. The quantitative estimate of drug-likeness (QED) is 0.925. The molecule has 3 rings (SSSR count). The zero-order chi connectivity index (χ0) is 16.6. The van der Waals surface area contributed by atoms with Gasteiger partial charge in [0.1, 0.15) is 4.90 Å². The van der Waals surface area contributed by atoms with Gasteiger partial charge in [0.15, 0.2) is 11.6 Å². The molecule has 1 amide bonds. The molecule has 1 fully saturated rings. The topological polar surface area (TPSA) is 76.1 Å². The molecule has 5 nitrogen and oxygen atoms in total. The van der Waals surface area contributed by atoms with Crippen molar-refractivity contribution in [2.45, 2.75) is 17.2 Å². The van der Waals surface area contributed by atoms with Crippen LogP contribution in [0.15, 0.2) is 47.6 Å². The average molecular weight is 338 g/mol. The zero-order valence-electron chi connectivity index (χ0n) is 11.7. The Balaban J connectivity index is 1.73. The van der Waals surface area contributed by atoms with E-state index in [0.29, 0.717) is 0 Å². The van der Waals surface area contributed by atoms with Crippen molar-refractivity contribution >= 4 is 15.9 Å². The van der Waals surface area contributed by atoms with E-state index in [4.69, 9.17) is 0 Å². The first-order chi connectivity index (χ1) is 10.9. The number of carbonyl (C=O) groups is 1. The lowest BCUT2D eigenvalue weighted by atomic mass is 10.1. The van der Waals surface area contributed by atoms with Crippen LogP contribution in [0.25, 0.3) is 0 Å². The second-order valence-electron chi connectivity index (χ2n) is 5.25. The number of halogens is 2. The monoisotopic (exact) mass is 338 g/mol. The standard InChI is InChI=1S/C15H12F2N2O3S/c16-13-5-1-4-10(14(13)17)11-7-12(11)15(20)19-23(21,22)9-3-2-6-18-8-9/h1-6,8,11-12H,7H2,(H,19,20)/t11-,12-/m0/s1. The summed E-state index contributed by atoms with van der Waals surface area (Å²) in [5, 5.41) is 0. The van der Waals surface area contributed by atoms with Crippen LogP contribution in [0.3, 0.4) is 0 Å². The number of sulfonamides is 1. The molecule has 0 spiro atoms. The molecule has 1 aliphatic carbocycles. The highest BCUT2D eigenvalue weighted by molar-refractivity contribution is 7.90. The fourth-order valence-electron chi connectivity index (χ4n) is 2.41. The van der Waals surface area contributed by atoms with Gasteiger partial charge < -0.3 is 0 Å². The van der Waals surface area contributed by atoms with Gasteiger partial charge in [0, 0.05) is 18.3 Å². The van der Waals surface area contributed by atoms with Crippen molar-refractivity contribution in [3.05, 3.63) is 59.9 Å². The maximum atomic E-state index is 13.7. The molecule has 8 heteroatoms. The molecule has 0 radical (unpaired) electrons. The van der Waals surface area contributed by atoms with Gasteiger partial charge in [-0.1, -0.05) is 12.1 Å². The third kappa shape index (κ3) is 3.07. The molecule has 0 aliphatic heterocycles. The normalized spacial score (nSPS) is 20.1. The molecule has 1 heterocycles. The summed E-state index contributed by atoms with van der Waals surface area (Å²) < 4.78 is 52.9. The SMILES string of the molecule is O=C(NS(=O)(=O)c1cccnc1)[C@H]1C[C@H]1c1cccc(F)c1F. The highest BCUT2D eigenvalue weighted by Gasteiger charge is 2.46. The molecule has 23 heavy (non-hydrogen) atoms. The van der Waals surface area contributed by atoms with Gasteiger partial charge in [-0.25, -0.2) is 21.9 Å². The van der Waals surface area contributed by atoms with Crippen molar-refractivity contribution in [1.82, 2.24) is 9.71 Å². The van der Waals surface area contributed by atoms with Crippen LogP contribution in [0.2, 0.25) is 0 Å². The van der Waals surface area contributed by atoms with Crippen LogP contribution < -0.4 is 4.72 Å². The Labute approximate surface area is 131 Å². The largest absolute Gasteiger partial charge is 0.274 e.